The summed E-state index contributed by atoms with van der Waals surface area (Å²) in [7, 11) is -10.0. The van der Waals surface area contributed by atoms with Crippen molar-refractivity contribution >= 4 is 60.3 Å². The van der Waals surface area contributed by atoms with E-state index in [4.69, 9.17) is 5.26 Å². The monoisotopic (exact) mass is 574 g/mol. The van der Waals surface area contributed by atoms with Gasteiger partial charge in [-0.05, 0) is 56.7 Å². The fourth-order valence-electron chi connectivity index (χ4n) is 4.02. The largest absolute Gasteiger partial charge is 0.321 e. The number of hydrogen-bond donors (Lipinski definition) is 4. The highest BCUT2D eigenvalue weighted by Crippen LogP contribution is 2.39. The van der Waals surface area contributed by atoms with E-state index in [-0.39, 0.29) is 39.4 Å². The highest BCUT2D eigenvalue weighted by atomic mass is 32.2. The third-order valence-electron chi connectivity index (χ3n) is 5.32. The Morgan fingerprint density at radius 2 is 1.62 bits per heavy atom. The van der Waals surface area contributed by atoms with E-state index < -0.39 is 51.6 Å². The number of nitrogens with zero attached hydrogens (tertiary/aromatic N) is 1. The van der Waals surface area contributed by atoms with Crippen LogP contribution in [0, 0.1) is 30.9 Å². The molecule has 3 aromatic carbocycles. The van der Waals surface area contributed by atoms with Crippen molar-refractivity contribution in [1.82, 2.24) is 0 Å². The first-order valence-electron chi connectivity index (χ1n) is 9.85. The van der Waals surface area contributed by atoms with Crippen molar-refractivity contribution in [3.8, 4) is 0 Å². The lowest BCUT2D eigenvalue weighted by Gasteiger charge is -2.17. The van der Waals surface area contributed by atoms with Gasteiger partial charge in [0, 0.05) is 26.8 Å². The molecule has 0 atom stereocenters. The van der Waals surface area contributed by atoms with Crippen LogP contribution in [0.25, 0.3) is 10.8 Å². The second kappa shape index (κ2) is 10.3. The van der Waals surface area contributed by atoms with Crippen molar-refractivity contribution in [1.29, 1.82) is 0 Å². The Kier molecular flexibility index (Phi) is 7.91. The van der Waals surface area contributed by atoms with Crippen LogP contribution in [0.1, 0.15) is 27.0 Å². The van der Waals surface area contributed by atoms with Crippen LogP contribution >= 0.6 is 12.0 Å². The highest BCUT2D eigenvalue weighted by molar-refractivity contribution is 7.94. The molecular formula is C20H18N2O12S3. The summed E-state index contributed by atoms with van der Waals surface area (Å²) in [5.74, 6) is -0.893. The van der Waals surface area contributed by atoms with Crippen LogP contribution in [0.4, 0.5) is 11.4 Å². The molecule has 37 heavy (non-hydrogen) atoms. The van der Waals surface area contributed by atoms with Crippen molar-refractivity contribution in [2.24, 2.45) is 0 Å². The molecule has 0 aromatic heterocycles. The van der Waals surface area contributed by atoms with Crippen LogP contribution in [0.5, 0.6) is 0 Å². The average molecular weight is 575 g/mol. The Hall–Kier alpha value is -3.16. The lowest BCUT2D eigenvalue weighted by Crippen LogP contribution is -2.17. The second-order valence-corrected chi connectivity index (χ2v) is 11.3. The molecule has 0 aliphatic rings. The number of amides is 1. The molecule has 0 radical (unpaired) electrons. The summed E-state index contributed by atoms with van der Waals surface area (Å²) in [4.78, 5) is 22.3. The van der Waals surface area contributed by atoms with Gasteiger partial charge in [-0.1, -0.05) is 5.04 Å². The number of fused-ring (bicyclic) bond motifs is 1. The number of hydrogen-bond acceptors (Lipinski definition) is 11. The van der Waals surface area contributed by atoms with Crippen LogP contribution in [-0.2, 0) is 29.6 Å². The lowest BCUT2D eigenvalue weighted by molar-refractivity contribution is -0.432. The minimum absolute atomic E-state index is 0.0358. The summed E-state index contributed by atoms with van der Waals surface area (Å²) in [5, 5.41) is 24.8. The number of aryl methyl sites for hydroxylation is 2. The second-order valence-electron chi connectivity index (χ2n) is 7.70. The first-order valence-corrected chi connectivity index (χ1v) is 13.5. The Morgan fingerprint density at radius 1 is 1.00 bits per heavy atom. The number of nitrogens with one attached hydrogen (secondary N) is 1. The number of carbonyl (C=O) groups excluding carboxylic acids is 1. The Labute approximate surface area is 213 Å². The molecule has 0 saturated heterocycles. The van der Waals surface area contributed by atoms with Crippen LogP contribution in [0.15, 0.2) is 45.0 Å². The Balaban J connectivity index is 2.34. The summed E-state index contributed by atoms with van der Waals surface area (Å²) < 4.78 is 72.3. The van der Waals surface area contributed by atoms with Crippen molar-refractivity contribution in [3.05, 3.63) is 62.7 Å². The fourth-order valence-corrected chi connectivity index (χ4v) is 5.97. The Morgan fingerprint density at radius 3 is 2.16 bits per heavy atom. The van der Waals surface area contributed by atoms with E-state index >= 15 is 0 Å². The molecule has 0 aliphatic heterocycles. The van der Waals surface area contributed by atoms with E-state index in [9.17, 15) is 40.8 Å². The molecule has 0 saturated carbocycles. The molecule has 3 aromatic rings. The van der Waals surface area contributed by atoms with E-state index in [1.54, 1.807) is 0 Å². The van der Waals surface area contributed by atoms with Crippen LogP contribution in [-0.4, -0.2) is 42.0 Å². The smallest absolute Gasteiger partial charge is 0.295 e. The van der Waals surface area contributed by atoms with Crippen LogP contribution < -0.4 is 5.32 Å². The van der Waals surface area contributed by atoms with Crippen LogP contribution in [0.3, 0.4) is 0 Å². The highest BCUT2D eigenvalue weighted by Gasteiger charge is 2.27. The first-order chi connectivity index (χ1) is 17.1. The fraction of sp³-hybridized carbons (Fsp3) is 0.150. The molecule has 14 nitrogen and oxygen atoms in total. The van der Waals surface area contributed by atoms with Gasteiger partial charge < -0.3 is 5.32 Å². The number of anilines is 1. The van der Waals surface area contributed by atoms with Crippen molar-refractivity contribution in [3.63, 3.8) is 0 Å². The third kappa shape index (κ3) is 5.73. The summed E-state index contributed by atoms with van der Waals surface area (Å²) in [6, 6.07) is 5.13. The number of benzene rings is 3. The molecule has 1 amide bonds. The van der Waals surface area contributed by atoms with Gasteiger partial charge in [0.25, 0.3) is 31.8 Å². The van der Waals surface area contributed by atoms with Gasteiger partial charge in [-0.15, -0.1) is 4.33 Å². The van der Waals surface area contributed by atoms with Gasteiger partial charge >= 0.3 is 0 Å². The number of carbonyl (C=O) groups is 1. The third-order valence-corrected chi connectivity index (χ3v) is 7.66. The maximum atomic E-state index is 13.3. The molecule has 17 heteroatoms. The quantitative estimate of drug-likeness (QED) is 0.0988. The van der Waals surface area contributed by atoms with Crippen molar-refractivity contribution in [2.75, 3.05) is 5.32 Å². The molecule has 3 rings (SSSR count). The standard InChI is InChI=1S/C20H18N2O12S3/c1-9-6-10(2)19(22(24)25)11(3)17(9)20(23)21-14-4-5-15(36(27,28)29)13-7-12(35-34-33-26)8-16(18(13)14)37(30,31)32/h4-8,26H,1-3H3,(H,21,23)(H,27,28,29)(H,30,31,32). The number of nitro benzene ring substituents is 1. The molecule has 4 N–H and O–H groups in total. The zero-order valence-electron chi connectivity index (χ0n) is 19.1. The van der Waals surface area contributed by atoms with Crippen molar-refractivity contribution < 1.29 is 50.3 Å². The van der Waals surface area contributed by atoms with E-state index in [1.165, 1.54) is 26.8 Å². The average Bonchev–Trinajstić information content (AvgIpc) is 2.74. The molecule has 0 unspecified atom stereocenters. The summed E-state index contributed by atoms with van der Waals surface area (Å²) >= 11 is 0.236. The van der Waals surface area contributed by atoms with Gasteiger partial charge in [-0.3, -0.25) is 24.0 Å². The maximum Gasteiger partial charge on any atom is 0.295 e. The van der Waals surface area contributed by atoms with Crippen molar-refractivity contribution in [2.45, 2.75) is 35.5 Å². The lowest BCUT2D eigenvalue weighted by atomic mass is 9.96. The Bertz CT molecular complexity index is 1670. The molecular weight excluding hydrogens is 556 g/mol. The van der Waals surface area contributed by atoms with Gasteiger partial charge in [0.1, 0.15) is 9.79 Å². The minimum atomic E-state index is -5.09. The number of rotatable bonds is 8. The minimum Gasteiger partial charge on any atom is -0.321 e. The van der Waals surface area contributed by atoms with Gasteiger partial charge in [-0.2, -0.15) is 16.8 Å². The van der Waals surface area contributed by atoms with E-state index in [1.807, 2.05) is 0 Å². The molecule has 0 fully saturated rings. The predicted molar refractivity (Wildman–Crippen MR) is 129 cm³/mol. The predicted octanol–water partition coefficient (Wildman–Crippen LogP) is 3.85. The molecule has 198 valence electrons. The summed E-state index contributed by atoms with van der Waals surface area (Å²) in [6.45, 7) is 4.40. The van der Waals surface area contributed by atoms with Gasteiger partial charge in [0.05, 0.1) is 28.2 Å². The van der Waals surface area contributed by atoms with E-state index in [2.05, 4.69) is 14.7 Å². The topological polar surface area (TPSA) is 220 Å². The molecule has 0 aliphatic carbocycles. The van der Waals surface area contributed by atoms with Gasteiger partial charge in [0.2, 0.25) is 0 Å². The zero-order valence-corrected chi connectivity index (χ0v) is 21.5. The normalized spacial score (nSPS) is 12.1. The van der Waals surface area contributed by atoms with Gasteiger partial charge in [-0.25, -0.2) is 5.26 Å². The van der Waals surface area contributed by atoms with E-state index in [0.29, 0.717) is 11.1 Å². The molecule has 0 spiro atoms. The molecule has 0 heterocycles. The number of nitro groups is 1. The summed E-state index contributed by atoms with van der Waals surface area (Å²) in [6.07, 6.45) is 0. The van der Waals surface area contributed by atoms with E-state index in [0.717, 1.165) is 24.3 Å². The zero-order chi connectivity index (χ0) is 27.9. The van der Waals surface area contributed by atoms with Crippen LogP contribution in [0.2, 0.25) is 0 Å². The molecule has 0 bridgehead atoms. The SMILES string of the molecule is Cc1cc(C)c([N+](=O)[O-])c(C)c1C(=O)Nc1ccc(S(=O)(=O)O)c2cc(SOOO)cc(S(=O)(=O)O)c12. The first kappa shape index (κ1) is 28.4. The van der Waals surface area contributed by atoms with Gasteiger partial charge in [0.15, 0.2) is 0 Å². The maximum absolute atomic E-state index is 13.3. The summed E-state index contributed by atoms with van der Waals surface area (Å²) in [5.41, 5.74) is 0.0258.